The minimum atomic E-state index is -4.09. The van der Waals surface area contributed by atoms with E-state index in [1.165, 1.54) is 17.5 Å². The highest BCUT2D eigenvalue weighted by molar-refractivity contribution is 7.84. The monoisotopic (exact) mass is 449 g/mol. The van der Waals surface area contributed by atoms with Gasteiger partial charge in [-0.15, -0.1) is 0 Å². The summed E-state index contributed by atoms with van der Waals surface area (Å²) in [5, 5.41) is 31.9. The number of hydrogen-bond acceptors (Lipinski definition) is 9. The Labute approximate surface area is 181 Å². The summed E-state index contributed by atoms with van der Waals surface area (Å²) in [5.41, 5.74) is 2.63. The first-order valence-corrected chi connectivity index (χ1v) is 11.7. The quantitative estimate of drug-likeness (QED) is 0.388. The predicted molar refractivity (Wildman–Crippen MR) is 114 cm³/mol. The Morgan fingerprint density at radius 2 is 1.87 bits per heavy atom. The summed E-state index contributed by atoms with van der Waals surface area (Å²) in [6, 6.07) is 10.4. The van der Waals surface area contributed by atoms with Crippen LogP contribution in [0.2, 0.25) is 0 Å². The summed E-state index contributed by atoms with van der Waals surface area (Å²) in [5.74, 6) is 0.475. The Bertz CT molecular complexity index is 1020. The fourth-order valence-electron chi connectivity index (χ4n) is 4.43. The van der Waals surface area contributed by atoms with Crippen LogP contribution in [0.15, 0.2) is 36.7 Å². The molecular weight excluding hydrogens is 422 g/mol. The fourth-order valence-corrected chi connectivity index (χ4v) is 4.80. The zero-order valence-corrected chi connectivity index (χ0v) is 17.7. The van der Waals surface area contributed by atoms with Gasteiger partial charge in [-0.05, 0) is 30.4 Å². The number of aryl methyl sites for hydroxylation is 1. The SMILES string of the molecule is NS(=O)(=O)OC[C@H]1C[C@@H](CNc2cc(N[C@@H]3CCc4ccccc43)ncn2)[C@H](O)[C@@H]1O. The lowest BCUT2D eigenvalue weighted by molar-refractivity contribution is -0.00162. The molecule has 0 amide bonds. The van der Waals surface area contributed by atoms with Crippen molar-refractivity contribution in [1.82, 2.24) is 9.97 Å². The van der Waals surface area contributed by atoms with E-state index in [4.69, 9.17) is 5.14 Å². The molecule has 1 aromatic carbocycles. The lowest BCUT2D eigenvalue weighted by Gasteiger charge is -2.18. The number of aliphatic hydroxyl groups excluding tert-OH is 2. The van der Waals surface area contributed by atoms with Crippen LogP contribution in [0.3, 0.4) is 0 Å². The molecule has 1 saturated carbocycles. The van der Waals surface area contributed by atoms with Crippen molar-refractivity contribution in [3.05, 3.63) is 47.8 Å². The number of nitrogens with one attached hydrogen (secondary N) is 2. The van der Waals surface area contributed by atoms with Crippen LogP contribution in [0.4, 0.5) is 11.6 Å². The van der Waals surface area contributed by atoms with Crippen LogP contribution >= 0.6 is 0 Å². The van der Waals surface area contributed by atoms with E-state index in [2.05, 4.69) is 36.9 Å². The fraction of sp³-hybridized carbons (Fsp3) is 0.500. The predicted octanol–water partition coefficient (Wildman–Crippen LogP) is 0.566. The summed E-state index contributed by atoms with van der Waals surface area (Å²) in [7, 11) is -4.09. The van der Waals surface area contributed by atoms with Crippen LogP contribution in [-0.4, -0.2) is 54.0 Å². The molecule has 31 heavy (non-hydrogen) atoms. The number of hydrogen-bond donors (Lipinski definition) is 5. The van der Waals surface area contributed by atoms with E-state index in [9.17, 15) is 18.6 Å². The van der Waals surface area contributed by atoms with Gasteiger partial charge in [0.1, 0.15) is 18.0 Å². The molecule has 1 heterocycles. The van der Waals surface area contributed by atoms with Gasteiger partial charge in [-0.1, -0.05) is 24.3 Å². The van der Waals surface area contributed by atoms with Crippen molar-refractivity contribution < 1.29 is 22.8 Å². The van der Waals surface area contributed by atoms with E-state index in [1.54, 1.807) is 6.07 Å². The Kier molecular flexibility index (Phi) is 6.39. The standard InChI is InChI=1S/C20H27N5O5S/c21-31(28,29)30-10-14-7-13(19(26)20(14)27)9-22-17-8-18(24-11-23-17)25-16-6-5-12-3-1-2-4-15(12)16/h1-4,8,11,13-14,16,19-20,26-27H,5-7,9-10H2,(H2,21,28,29)(H2,22,23,24,25)/t13-,14+,16+,19-,20+/m0/s1. The number of aromatic nitrogens is 2. The van der Waals surface area contributed by atoms with Crippen molar-refractivity contribution in [1.29, 1.82) is 0 Å². The second-order valence-corrected chi connectivity index (χ2v) is 9.34. The Hall–Kier alpha value is -2.31. The lowest BCUT2D eigenvalue weighted by atomic mass is 10.0. The Morgan fingerprint density at radius 3 is 2.68 bits per heavy atom. The number of nitrogens with two attached hydrogens (primary N) is 1. The molecule has 2 aromatic rings. The van der Waals surface area contributed by atoms with E-state index in [0.29, 0.717) is 24.6 Å². The molecule has 10 nitrogen and oxygen atoms in total. The van der Waals surface area contributed by atoms with Crippen molar-refractivity contribution in [3.63, 3.8) is 0 Å². The van der Waals surface area contributed by atoms with Crippen LogP contribution in [0.5, 0.6) is 0 Å². The minimum Gasteiger partial charge on any atom is -0.390 e. The molecule has 2 aliphatic rings. The molecule has 1 fully saturated rings. The number of fused-ring (bicyclic) bond motifs is 1. The third kappa shape index (κ3) is 5.31. The first-order valence-electron chi connectivity index (χ1n) is 10.2. The first kappa shape index (κ1) is 21.9. The second kappa shape index (κ2) is 9.05. The number of benzene rings is 1. The number of nitrogens with zero attached hydrogens (tertiary/aromatic N) is 2. The van der Waals surface area contributed by atoms with Gasteiger partial charge >= 0.3 is 10.3 Å². The molecule has 0 aliphatic heterocycles. The van der Waals surface area contributed by atoms with Crippen LogP contribution in [0.25, 0.3) is 0 Å². The van der Waals surface area contributed by atoms with E-state index in [0.717, 1.165) is 12.8 Å². The van der Waals surface area contributed by atoms with Gasteiger partial charge in [0.25, 0.3) is 0 Å². The average molecular weight is 450 g/mol. The molecule has 0 unspecified atom stereocenters. The smallest absolute Gasteiger partial charge is 0.333 e. The maximum Gasteiger partial charge on any atom is 0.333 e. The molecule has 0 spiro atoms. The van der Waals surface area contributed by atoms with Crippen molar-refractivity contribution in [3.8, 4) is 0 Å². The number of anilines is 2. The lowest BCUT2D eigenvalue weighted by Crippen LogP contribution is -2.32. The molecular formula is C20H27N5O5S. The molecule has 168 valence electrons. The van der Waals surface area contributed by atoms with E-state index in [-0.39, 0.29) is 18.6 Å². The van der Waals surface area contributed by atoms with E-state index < -0.39 is 28.4 Å². The van der Waals surface area contributed by atoms with E-state index >= 15 is 0 Å². The van der Waals surface area contributed by atoms with Crippen LogP contribution < -0.4 is 15.8 Å². The van der Waals surface area contributed by atoms with Gasteiger partial charge < -0.3 is 20.8 Å². The molecule has 0 bridgehead atoms. The summed E-state index contributed by atoms with van der Waals surface area (Å²) in [6.07, 6.45) is 1.80. The Balaban J connectivity index is 1.33. The summed E-state index contributed by atoms with van der Waals surface area (Å²) in [6.45, 7) is 0.0881. The van der Waals surface area contributed by atoms with Gasteiger partial charge in [-0.25, -0.2) is 15.1 Å². The maximum atomic E-state index is 11.0. The minimum absolute atomic E-state index is 0.199. The largest absolute Gasteiger partial charge is 0.390 e. The van der Waals surface area contributed by atoms with Crippen molar-refractivity contribution in [2.24, 2.45) is 17.0 Å². The molecule has 5 atom stereocenters. The third-order valence-electron chi connectivity index (χ3n) is 6.04. The van der Waals surface area contributed by atoms with Gasteiger partial charge in [-0.3, -0.25) is 4.18 Å². The molecule has 11 heteroatoms. The second-order valence-electron chi connectivity index (χ2n) is 8.12. The van der Waals surface area contributed by atoms with E-state index in [1.807, 2.05) is 12.1 Å². The van der Waals surface area contributed by atoms with Gasteiger partial charge in [0.15, 0.2) is 0 Å². The Morgan fingerprint density at radius 1 is 1.13 bits per heavy atom. The van der Waals surface area contributed by atoms with Crippen LogP contribution in [0, 0.1) is 11.8 Å². The molecule has 1 aromatic heterocycles. The highest BCUT2D eigenvalue weighted by atomic mass is 32.2. The third-order valence-corrected chi connectivity index (χ3v) is 6.50. The molecule has 0 saturated heterocycles. The van der Waals surface area contributed by atoms with Gasteiger partial charge in [0.05, 0.1) is 24.9 Å². The van der Waals surface area contributed by atoms with Gasteiger partial charge in [-0.2, -0.15) is 8.42 Å². The highest BCUT2D eigenvalue weighted by Gasteiger charge is 2.41. The highest BCUT2D eigenvalue weighted by Crippen LogP contribution is 2.34. The number of rotatable bonds is 8. The molecule has 6 N–H and O–H groups in total. The van der Waals surface area contributed by atoms with Gasteiger partial charge in [0.2, 0.25) is 0 Å². The summed E-state index contributed by atoms with van der Waals surface area (Å²) >= 11 is 0. The summed E-state index contributed by atoms with van der Waals surface area (Å²) < 4.78 is 26.5. The normalized spacial score (nSPS) is 27.8. The molecule has 0 radical (unpaired) electrons. The molecule has 4 rings (SSSR count). The maximum absolute atomic E-state index is 11.0. The zero-order chi connectivity index (χ0) is 22.0. The van der Waals surface area contributed by atoms with Gasteiger partial charge in [0, 0.05) is 24.4 Å². The average Bonchev–Trinajstić information content (AvgIpc) is 3.26. The topological polar surface area (TPSA) is 160 Å². The van der Waals surface area contributed by atoms with Crippen LogP contribution in [0.1, 0.15) is 30.0 Å². The van der Waals surface area contributed by atoms with Crippen LogP contribution in [-0.2, 0) is 20.9 Å². The van der Waals surface area contributed by atoms with Crippen molar-refractivity contribution in [2.75, 3.05) is 23.8 Å². The summed E-state index contributed by atoms with van der Waals surface area (Å²) in [4.78, 5) is 8.53. The van der Waals surface area contributed by atoms with Crippen molar-refractivity contribution >= 4 is 21.9 Å². The first-order chi connectivity index (χ1) is 14.8. The number of aliphatic hydroxyl groups is 2. The van der Waals surface area contributed by atoms with Crippen molar-refractivity contribution in [2.45, 2.75) is 37.5 Å². The molecule has 2 aliphatic carbocycles. The zero-order valence-electron chi connectivity index (χ0n) is 16.9.